The van der Waals surface area contributed by atoms with Crippen LogP contribution in [0.5, 0.6) is 5.75 Å². The third-order valence-corrected chi connectivity index (χ3v) is 6.81. The SMILES string of the molecule is CC[C@@H](C)NC(=O)[C@@H](C)N(Cc1ccccc1)C(=O)CN(c1cc([N+](=O)[O-])ccc1OC)S(C)(=O)=O. The first-order valence-electron chi connectivity index (χ1n) is 11.3. The predicted molar refractivity (Wildman–Crippen MR) is 136 cm³/mol. The van der Waals surface area contributed by atoms with E-state index in [1.807, 2.05) is 19.9 Å². The minimum Gasteiger partial charge on any atom is -0.495 e. The number of sulfonamides is 1. The van der Waals surface area contributed by atoms with Crippen LogP contribution >= 0.6 is 0 Å². The fraction of sp³-hybridized carbons (Fsp3) is 0.417. The number of nitrogens with zero attached hydrogens (tertiary/aromatic N) is 3. The van der Waals surface area contributed by atoms with Crippen molar-refractivity contribution in [3.63, 3.8) is 0 Å². The van der Waals surface area contributed by atoms with Crippen LogP contribution in [0.4, 0.5) is 11.4 Å². The molecule has 1 N–H and O–H groups in total. The van der Waals surface area contributed by atoms with Crippen molar-refractivity contribution >= 4 is 33.2 Å². The van der Waals surface area contributed by atoms with Gasteiger partial charge in [-0.1, -0.05) is 37.3 Å². The average Bonchev–Trinajstić information content (AvgIpc) is 2.84. The lowest BCUT2D eigenvalue weighted by Gasteiger charge is -2.32. The highest BCUT2D eigenvalue weighted by molar-refractivity contribution is 7.92. The molecule has 0 unspecified atom stereocenters. The standard InChI is InChI=1S/C24H32N4O7S/c1-6-17(2)25-24(30)18(3)26(15-19-10-8-7-9-11-19)23(29)16-27(36(5,33)34)21-14-20(28(31)32)12-13-22(21)35-4/h7-14,17-18H,6,15-16H2,1-5H3,(H,25,30)/t17-,18-/m1/s1. The van der Waals surface area contributed by atoms with E-state index in [2.05, 4.69) is 5.32 Å². The molecule has 11 nitrogen and oxygen atoms in total. The third kappa shape index (κ3) is 7.41. The molecule has 0 fully saturated rings. The fourth-order valence-corrected chi connectivity index (χ4v) is 4.25. The maximum absolute atomic E-state index is 13.6. The number of amides is 2. The number of non-ortho nitro benzene ring substituents is 1. The van der Waals surface area contributed by atoms with Crippen LogP contribution in [0.25, 0.3) is 0 Å². The number of nitrogens with one attached hydrogen (secondary N) is 1. The van der Waals surface area contributed by atoms with Crippen molar-refractivity contribution in [1.82, 2.24) is 10.2 Å². The number of nitro benzene ring substituents is 1. The number of hydrogen-bond donors (Lipinski definition) is 1. The molecule has 2 rings (SSSR count). The van der Waals surface area contributed by atoms with Gasteiger partial charge in [0.15, 0.2) is 0 Å². The molecule has 2 aromatic carbocycles. The second kappa shape index (κ2) is 12.3. The number of rotatable bonds is 12. The van der Waals surface area contributed by atoms with E-state index in [1.54, 1.807) is 31.2 Å². The number of carbonyl (C=O) groups is 2. The molecular formula is C24H32N4O7S. The number of hydrogen-bond acceptors (Lipinski definition) is 7. The van der Waals surface area contributed by atoms with Crippen molar-refractivity contribution in [2.24, 2.45) is 0 Å². The zero-order valence-electron chi connectivity index (χ0n) is 21.0. The molecule has 2 aromatic rings. The van der Waals surface area contributed by atoms with Crippen LogP contribution in [0, 0.1) is 10.1 Å². The van der Waals surface area contributed by atoms with Gasteiger partial charge in [0.05, 0.1) is 18.3 Å². The Hall–Kier alpha value is -3.67. The van der Waals surface area contributed by atoms with Crippen molar-refractivity contribution in [2.75, 3.05) is 24.2 Å². The van der Waals surface area contributed by atoms with E-state index in [4.69, 9.17) is 4.74 Å². The van der Waals surface area contributed by atoms with Crippen LogP contribution in [-0.4, -0.2) is 62.0 Å². The van der Waals surface area contributed by atoms with Gasteiger partial charge in [-0.05, 0) is 31.9 Å². The van der Waals surface area contributed by atoms with Gasteiger partial charge in [-0.15, -0.1) is 0 Å². The molecule has 0 spiro atoms. The van der Waals surface area contributed by atoms with Crippen LogP contribution in [0.3, 0.4) is 0 Å². The van der Waals surface area contributed by atoms with Crippen molar-refractivity contribution in [3.05, 3.63) is 64.2 Å². The van der Waals surface area contributed by atoms with E-state index in [0.717, 1.165) is 22.2 Å². The van der Waals surface area contributed by atoms with Crippen molar-refractivity contribution in [2.45, 2.75) is 45.8 Å². The monoisotopic (exact) mass is 520 g/mol. The van der Waals surface area contributed by atoms with Gasteiger partial charge in [0, 0.05) is 24.7 Å². The first kappa shape index (κ1) is 28.6. The van der Waals surface area contributed by atoms with Gasteiger partial charge in [-0.3, -0.25) is 24.0 Å². The summed E-state index contributed by atoms with van der Waals surface area (Å²) < 4.78 is 31.4. The maximum atomic E-state index is 13.6. The Morgan fingerprint density at radius 3 is 2.31 bits per heavy atom. The summed E-state index contributed by atoms with van der Waals surface area (Å²) in [6, 6.07) is 11.4. The lowest BCUT2D eigenvalue weighted by molar-refractivity contribution is -0.384. The predicted octanol–water partition coefficient (Wildman–Crippen LogP) is 2.70. The number of carbonyl (C=O) groups excluding carboxylic acids is 2. The molecule has 0 aliphatic heterocycles. The summed E-state index contributed by atoms with van der Waals surface area (Å²) in [6.45, 7) is 4.69. The summed E-state index contributed by atoms with van der Waals surface area (Å²) in [6.07, 6.45) is 1.58. The molecule has 2 atom stereocenters. The maximum Gasteiger partial charge on any atom is 0.271 e. The van der Waals surface area contributed by atoms with Gasteiger partial charge >= 0.3 is 0 Å². The van der Waals surface area contributed by atoms with E-state index >= 15 is 0 Å². The molecule has 0 saturated heterocycles. The molecule has 0 aliphatic carbocycles. The molecule has 0 saturated carbocycles. The average molecular weight is 521 g/mol. The molecule has 0 radical (unpaired) electrons. The highest BCUT2D eigenvalue weighted by atomic mass is 32.2. The summed E-state index contributed by atoms with van der Waals surface area (Å²) in [7, 11) is -2.79. The quantitative estimate of drug-likeness (QED) is 0.335. The van der Waals surface area contributed by atoms with E-state index in [-0.39, 0.29) is 35.6 Å². The fourth-order valence-electron chi connectivity index (χ4n) is 3.41. The number of nitro groups is 1. The summed E-state index contributed by atoms with van der Waals surface area (Å²) >= 11 is 0. The first-order chi connectivity index (χ1) is 16.9. The largest absolute Gasteiger partial charge is 0.495 e. The third-order valence-electron chi connectivity index (χ3n) is 5.69. The molecule has 36 heavy (non-hydrogen) atoms. The smallest absolute Gasteiger partial charge is 0.271 e. The second-order valence-electron chi connectivity index (χ2n) is 8.38. The Morgan fingerprint density at radius 1 is 1.14 bits per heavy atom. The van der Waals surface area contributed by atoms with E-state index in [0.29, 0.717) is 6.42 Å². The summed E-state index contributed by atoms with van der Waals surface area (Å²) in [5.41, 5.74) is 0.223. The number of anilines is 1. The van der Waals surface area contributed by atoms with Crippen molar-refractivity contribution in [3.8, 4) is 5.75 Å². The van der Waals surface area contributed by atoms with Gasteiger partial charge in [0.25, 0.3) is 5.69 Å². The van der Waals surface area contributed by atoms with Crippen LogP contribution in [0.1, 0.15) is 32.8 Å². The van der Waals surface area contributed by atoms with Crippen LogP contribution in [0.2, 0.25) is 0 Å². The zero-order chi connectivity index (χ0) is 27.0. The Balaban J connectivity index is 2.49. The molecular weight excluding hydrogens is 488 g/mol. The Bertz CT molecular complexity index is 1190. The topological polar surface area (TPSA) is 139 Å². The molecule has 0 heterocycles. The van der Waals surface area contributed by atoms with Gasteiger partial charge in [0.1, 0.15) is 24.0 Å². The van der Waals surface area contributed by atoms with Gasteiger partial charge < -0.3 is 15.0 Å². The lowest BCUT2D eigenvalue weighted by atomic mass is 10.1. The van der Waals surface area contributed by atoms with Crippen molar-refractivity contribution in [1.29, 1.82) is 0 Å². The normalized spacial score (nSPS) is 12.8. The highest BCUT2D eigenvalue weighted by Crippen LogP contribution is 2.33. The summed E-state index contributed by atoms with van der Waals surface area (Å²) in [5.74, 6) is -1.01. The summed E-state index contributed by atoms with van der Waals surface area (Å²) in [4.78, 5) is 38.4. The van der Waals surface area contributed by atoms with Crippen LogP contribution in [-0.2, 0) is 26.2 Å². The Labute approximate surface area is 211 Å². The van der Waals surface area contributed by atoms with E-state index < -0.39 is 33.4 Å². The van der Waals surface area contributed by atoms with Gasteiger partial charge in [0.2, 0.25) is 21.8 Å². The van der Waals surface area contributed by atoms with Gasteiger partial charge in [-0.25, -0.2) is 8.42 Å². The van der Waals surface area contributed by atoms with E-state index in [1.165, 1.54) is 24.1 Å². The van der Waals surface area contributed by atoms with E-state index in [9.17, 15) is 28.1 Å². The number of methoxy groups -OCH3 is 1. The van der Waals surface area contributed by atoms with Gasteiger partial charge in [-0.2, -0.15) is 0 Å². The zero-order valence-corrected chi connectivity index (χ0v) is 21.8. The molecule has 196 valence electrons. The summed E-state index contributed by atoms with van der Waals surface area (Å²) in [5, 5.41) is 14.2. The molecule has 2 amide bonds. The number of ether oxygens (including phenoxy) is 1. The Morgan fingerprint density at radius 2 is 1.78 bits per heavy atom. The Kier molecular flexibility index (Phi) is 9.79. The number of benzene rings is 2. The molecule has 0 aromatic heterocycles. The minimum absolute atomic E-state index is 0.0380. The minimum atomic E-state index is -4.08. The molecule has 0 aliphatic rings. The molecule has 12 heteroatoms. The van der Waals surface area contributed by atoms with Crippen LogP contribution in [0.15, 0.2) is 48.5 Å². The van der Waals surface area contributed by atoms with Crippen molar-refractivity contribution < 1.29 is 27.7 Å². The van der Waals surface area contributed by atoms with Crippen LogP contribution < -0.4 is 14.4 Å². The lowest BCUT2D eigenvalue weighted by Crippen LogP contribution is -2.52. The first-order valence-corrected chi connectivity index (χ1v) is 13.2. The molecule has 0 bridgehead atoms. The second-order valence-corrected chi connectivity index (χ2v) is 10.3. The highest BCUT2D eigenvalue weighted by Gasteiger charge is 2.32.